The molecule has 0 aromatic carbocycles. The van der Waals surface area contributed by atoms with Crippen molar-refractivity contribution in [1.82, 2.24) is 0 Å². The van der Waals surface area contributed by atoms with Crippen molar-refractivity contribution in [2.75, 3.05) is 7.11 Å². The number of hydrogen-bond acceptors (Lipinski definition) is 4. The fourth-order valence-corrected chi connectivity index (χ4v) is 0.793. The molecule has 0 aromatic heterocycles. The lowest BCUT2D eigenvalue weighted by Crippen LogP contribution is -2.07. The molecule has 0 fully saturated rings. The van der Waals surface area contributed by atoms with Gasteiger partial charge in [-0.1, -0.05) is 0 Å². The normalized spacial score (nSPS) is 12.2. The number of rotatable bonds is 6. The van der Waals surface area contributed by atoms with E-state index in [0.29, 0.717) is 32.0 Å². The number of aldehydes is 1. The molecule has 0 radical (unpaired) electrons. The lowest BCUT2D eigenvalue weighted by atomic mass is 10.1. The highest BCUT2D eigenvalue weighted by atomic mass is 16.5. The first-order valence-corrected chi connectivity index (χ1v) is 3.91. The maximum atomic E-state index is 10.6. The van der Waals surface area contributed by atoms with E-state index in [1.165, 1.54) is 7.11 Å². The van der Waals surface area contributed by atoms with Gasteiger partial charge in [0.05, 0.1) is 7.11 Å². The minimum absolute atomic E-state index is 0.254. The Morgan fingerprint density at radius 3 is 2.75 bits per heavy atom. The molecule has 0 aliphatic carbocycles. The number of aliphatic hydroxyl groups is 1. The molecule has 0 spiro atoms. The standard InChI is InChI=1S/C8H14O4/c1-12-8(11)5-3-2-4-7(10)6-9/h6-7,10H,2-5H2,1H3. The van der Waals surface area contributed by atoms with Gasteiger partial charge in [-0.05, 0) is 19.3 Å². The van der Waals surface area contributed by atoms with Gasteiger partial charge < -0.3 is 14.6 Å². The second kappa shape index (κ2) is 6.79. The molecule has 0 aliphatic rings. The lowest BCUT2D eigenvalue weighted by Gasteiger charge is -2.01. The highest BCUT2D eigenvalue weighted by molar-refractivity contribution is 5.68. The molecule has 0 rings (SSSR count). The summed E-state index contributed by atoms with van der Waals surface area (Å²) < 4.78 is 4.41. The van der Waals surface area contributed by atoms with Gasteiger partial charge in [-0.25, -0.2) is 0 Å². The van der Waals surface area contributed by atoms with E-state index < -0.39 is 6.10 Å². The molecule has 0 saturated heterocycles. The molecule has 12 heavy (non-hydrogen) atoms. The first-order valence-electron chi connectivity index (χ1n) is 3.91. The Labute approximate surface area is 71.5 Å². The first kappa shape index (κ1) is 11.1. The van der Waals surface area contributed by atoms with Gasteiger partial charge in [-0.3, -0.25) is 4.79 Å². The smallest absolute Gasteiger partial charge is 0.305 e. The van der Waals surface area contributed by atoms with E-state index >= 15 is 0 Å². The van der Waals surface area contributed by atoms with E-state index in [4.69, 9.17) is 5.11 Å². The van der Waals surface area contributed by atoms with Gasteiger partial charge in [0.1, 0.15) is 12.4 Å². The SMILES string of the molecule is COC(=O)CCCCC(O)C=O. The summed E-state index contributed by atoms with van der Waals surface area (Å²) in [4.78, 5) is 20.5. The molecule has 0 amide bonds. The van der Waals surface area contributed by atoms with E-state index in [2.05, 4.69) is 4.74 Å². The molecule has 0 saturated carbocycles. The summed E-state index contributed by atoms with van der Waals surface area (Å²) >= 11 is 0. The number of methoxy groups -OCH3 is 1. The van der Waals surface area contributed by atoms with Crippen LogP contribution in [0.2, 0.25) is 0 Å². The number of ether oxygens (including phenoxy) is 1. The Morgan fingerprint density at radius 2 is 2.25 bits per heavy atom. The van der Waals surface area contributed by atoms with Crippen molar-refractivity contribution >= 4 is 12.3 Å². The van der Waals surface area contributed by atoms with Crippen molar-refractivity contribution < 1.29 is 19.4 Å². The van der Waals surface area contributed by atoms with Gasteiger partial charge in [0.15, 0.2) is 0 Å². The third-order valence-corrected chi connectivity index (χ3v) is 1.52. The van der Waals surface area contributed by atoms with Crippen LogP contribution in [-0.2, 0) is 14.3 Å². The van der Waals surface area contributed by atoms with Crippen LogP contribution in [0.4, 0.5) is 0 Å². The number of unbranched alkanes of at least 4 members (excludes halogenated alkanes) is 1. The predicted molar refractivity (Wildman–Crippen MR) is 42.6 cm³/mol. The van der Waals surface area contributed by atoms with E-state index in [1.807, 2.05) is 0 Å². The average Bonchev–Trinajstić information content (AvgIpc) is 2.11. The molecule has 1 atom stereocenters. The molecular weight excluding hydrogens is 160 g/mol. The van der Waals surface area contributed by atoms with Gasteiger partial charge in [0.2, 0.25) is 0 Å². The Morgan fingerprint density at radius 1 is 1.58 bits per heavy atom. The molecule has 4 nitrogen and oxygen atoms in total. The molecule has 1 unspecified atom stereocenters. The third kappa shape index (κ3) is 5.85. The fourth-order valence-electron chi connectivity index (χ4n) is 0.793. The van der Waals surface area contributed by atoms with E-state index in [9.17, 15) is 9.59 Å². The maximum Gasteiger partial charge on any atom is 0.305 e. The molecule has 1 N–H and O–H groups in total. The fraction of sp³-hybridized carbons (Fsp3) is 0.750. The Balaban J connectivity index is 3.21. The van der Waals surface area contributed by atoms with Crippen LogP contribution in [0.1, 0.15) is 25.7 Å². The van der Waals surface area contributed by atoms with Crippen LogP contribution in [0.15, 0.2) is 0 Å². The molecule has 0 aromatic rings. The van der Waals surface area contributed by atoms with Gasteiger partial charge in [0.25, 0.3) is 0 Å². The number of hydrogen-bond donors (Lipinski definition) is 1. The predicted octanol–water partition coefficient (Wildman–Crippen LogP) is 0.280. The third-order valence-electron chi connectivity index (χ3n) is 1.52. The number of carbonyl (C=O) groups excluding carboxylic acids is 2. The Kier molecular flexibility index (Phi) is 6.28. The highest BCUT2D eigenvalue weighted by Crippen LogP contribution is 2.02. The molecule has 0 aliphatic heterocycles. The summed E-state index contributed by atoms with van der Waals surface area (Å²) in [6, 6.07) is 0. The molecular formula is C8H14O4. The lowest BCUT2D eigenvalue weighted by molar-refractivity contribution is -0.140. The summed E-state index contributed by atoms with van der Waals surface area (Å²) in [5.74, 6) is -0.254. The zero-order chi connectivity index (χ0) is 9.40. The van der Waals surface area contributed by atoms with Crippen LogP contribution in [0.3, 0.4) is 0 Å². The summed E-state index contributed by atoms with van der Waals surface area (Å²) in [6.45, 7) is 0. The van der Waals surface area contributed by atoms with E-state index in [1.54, 1.807) is 0 Å². The van der Waals surface area contributed by atoms with Crippen LogP contribution in [0, 0.1) is 0 Å². The zero-order valence-electron chi connectivity index (χ0n) is 7.16. The van der Waals surface area contributed by atoms with E-state index in [0.717, 1.165) is 0 Å². The molecule has 0 bridgehead atoms. The summed E-state index contributed by atoms with van der Waals surface area (Å²) in [5, 5.41) is 8.80. The number of esters is 1. The van der Waals surface area contributed by atoms with Crippen molar-refractivity contribution in [2.24, 2.45) is 0 Å². The Bertz CT molecular complexity index is 144. The first-order chi connectivity index (χ1) is 5.70. The van der Waals surface area contributed by atoms with Crippen LogP contribution in [0.25, 0.3) is 0 Å². The topological polar surface area (TPSA) is 63.6 Å². The van der Waals surface area contributed by atoms with Gasteiger partial charge in [-0.15, -0.1) is 0 Å². The largest absolute Gasteiger partial charge is 0.469 e. The number of carbonyl (C=O) groups is 2. The van der Waals surface area contributed by atoms with Crippen LogP contribution in [-0.4, -0.2) is 30.6 Å². The van der Waals surface area contributed by atoms with Gasteiger partial charge in [0, 0.05) is 6.42 Å². The van der Waals surface area contributed by atoms with Gasteiger partial charge >= 0.3 is 5.97 Å². The van der Waals surface area contributed by atoms with Crippen LogP contribution >= 0.6 is 0 Å². The second-order valence-electron chi connectivity index (χ2n) is 2.53. The minimum Gasteiger partial charge on any atom is -0.469 e. The summed E-state index contributed by atoms with van der Waals surface area (Å²) in [5.41, 5.74) is 0. The molecule has 0 heterocycles. The summed E-state index contributed by atoms with van der Waals surface area (Å²) in [6.07, 6.45) is 1.69. The number of aliphatic hydroxyl groups excluding tert-OH is 1. The second-order valence-corrected chi connectivity index (χ2v) is 2.53. The van der Waals surface area contributed by atoms with Crippen LogP contribution in [0.5, 0.6) is 0 Å². The van der Waals surface area contributed by atoms with E-state index in [-0.39, 0.29) is 5.97 Å². The molecule has 70 valence electrons. The van der Waals surface area contributed by atoms with Crippen molar-refractivity contribution in [3.8, 4) is 0 Å². The summed E-state index contributed by atoms with van der Waals surface area (Å²) in [7, 11) is 1.34. The van der Waals surface area contributed by atoms with Crippen molar-refractivity contribution in [3.05, 3.63) is 0 Å². The van der Waals surface area contributed by atoms with Crippen molar-refractivity contribution in [3.63, 3.8) is 0 Å². The van der Waals surface area contributed by atoms with Crippen LogP contribution < -0.4 is 0 Å². The quantitative estimate of drug-likeness (QED) is 0.357. The Hall–Kier alpha value is -0.900. The maximum absolute atomic E-state index is 10.6. The zero-order valence-corrected chi connectivity index (χ0v) is 7.16. The van der Waals surface area contributed by atoms with Crippen molar-refractivity contribution in [1.29, 1.82) is 0 Å². The van der Waals surface area contributed by atoms with Crippen molar-refractivity contribution in [2.45, 2.75) is 31.8 Å². The van der Waals surface area contributed by atoms with Gasteiger partial charge in [-0.2, -0.15) is 0 Å². The highest BCUT2D eigenvalue weighted by Gasteiger charge is 2.03. The monoisotopic (exact) mass is 174 g/mol. The minimum atomic E-state index is -0.886. The molecule has 4 heteroatoms. The average molecular weight is 174 g/mol.